The van der Waals surface area contributed by atoms with Gasteiger partial charge in [-0.25, -0.2) is 0 Å². The third kappa shape index (κ3) is 3.42. The zero-order valence-electron chi connectivity index (χ0n) is 7.81. The van der Waals surface area contributed by atoms with Crippen LogP contribution in [0.15, 0.2) is 0 Å². The van der Waals surface area contributed by atoms with Crippen molar-refractivity contribution in [2.24, 2.45) is 5.41 Å². The first-order valence-corrected chi connectivity index (χ1v) is 5.51. The van der Waals surface area contributed by atoms with E-state index in [9.17, 15) is 0 Å². The Morgan fingerprint density at radius 2 is 2.33 bits per heavy atom. The molecule has 3 heteroatoms. The Balaban J connectivity index is 2.15. The lowest BCUT2D eigenvalue weighted by atomic mass is 9.98. The van der Waals surface area contributed by atoms with E-state index in [-0.39, 0.29) is 5.41 Å². The second kappa shape index (κ2) is 4.58. The SMILES string of the molecule is CC(C)(CBr)COC1CCOC1. The van der Waals surface area contributed by atoms with Crippen molar-refractivity contribution in [2.45, 2.75) is 26.4 Å². The standard InChI is InChI=1S/C9H17BrO2/c1-9(2,6-10)7-12-8-3-4-11-5-8/h8H,3-7H2,1-2H3. The number of alkyl halides is 1. The van der Waals surface area contributed by atoms with Gasteiger partial charge in [0.05, 0.1) is 19.3 Å². The van der Waals surface area contributed by atoms with Gasteiger partial charge in [-0.2, -0.15) is 0 Å². The quantitative estimate of drug-likeness (QED) is 0.698. The van der Waals surface area contributed by atoms with Crippen molar-refractivity contribution in [1.29, 1.82) is 0 Å². The van der Waals surface area contributed by atoms with Crippen LogP contribution in [-0.2, 0) is 9.47 Å². The average Bonchev–Trinajstić information content (AvgIpc) is 2.53. The van der Waals surface area contributed by atoms with E-state index in [0.29, 0.717) is 6.10 Å². The molecule has 0 N–H and O–H groups in total. The van der Waals surface area contributed by atoms with Crippen molar-refractivity contribution in [3.05, 3.63) is 0 Å². The maximum atomic E-state index is 5.70. The fourth-order valence-corrected chi connectivity index (χ4v) is 1.19. The molecule has 0 aromatic rings. The lowest BCUT2D eigenvalue weighted by Crippen LogP contribution is -2.25. The van der Waals surface area contributed by atoms with Crippen LogP contribution in [0.5, 0.6) is 0 Å². The lowest BCUT2D eigenvalue weighted by Gasteiger charge is -2.23. The van der Waals surface area contributed by atoms with Crippen LogP contribution in [0.1, 0.15) is 20.3 Å². The van der Waals surface area contributed by atoms with E-state index in [1.54, 1.807) is 0 Å². The first kappa shape index (κ1) is 10.5. The molecule has 1 atom stereocenters. The molecule has 1 aliphatic rings. The van der Waals surface area contributed by atoms with E-state index < -0.39 is 0 Å². The second-order valence-electron chi connectivity index (χ2n) is 4.09. The molecule has 72 valence electrons. The summed E-state index contributed by atoms with van der Waals surface area (Å²) in [7, 11) is 0. The van der Waals surface area contributed by atoms with E-state index >= 15 is 0 Å². The van der Waals surface area contributed by atoms with E-state index in [1.807, 2.05) is 0 Å². The van der Waals surface area contributed by atoms with Gasteiger partial charge >= 0.3 is 0 Å². The molecule has 1 fully saturated rings. The Bertz CT molecular complexity index is 130. The molecule has 0 aliphatic carbocycles. The van der Waals surface area contributed by atoms with Crippen molar-refractivity contribution in [2.75, 3.05) is 25.2 Å². The van der Waals surface area contributed by atoms with Crippen molar-refractivity contribution in [1.82, 2.24) is 0 Å². The topological polar surface area (TPSA) is 18.5 Å². The first-order valence-electron chi connectivity index (χ1n) is 4.39. The summed E-state index contributed by atoms with van der Waals surface area (Å²) in [6, 6.07) is 0. The van der Waals surface area contributed by atoms with Crippen molar-refractivity contribution < 1.29 is 9.47 Å². The number of hydrogen-bond acceptors (Lipinski definition) is 2. The summed E-state index contributed by atoms with van der Waals surface area (Å²) in [6.45, 7) is 6.83. The van der Waals surface area contributed by atoms with Crippen LogP contribution in [0.4, 0.5) is 0 Å². The summed E-state index contributed by atoms with van der Waals surface area (Å²) >= 11 is 3.47. The Hall–Kier alpha value is 0.400. The molecule has 1 unspecified atom stereocenters. The minimum atomic E-state index is 0.239. The summed E-state index contributed by atoms with van der Waals surface area (Å²) in [4.78, 5) is 0. The minimum absolute atomic E-state index is 0.239. The molecule has 12 heavy (non-hydrogen) atoms. The molecule has 1 heterocycles. The summed E-state index contributed by atoms with van der Waals surface area (Å²) in [5.41, 5.74) is 0.239. The number of halogens is 1. The minimum Gasteiger partial charge on any atom is -0.379 e. The summed E-state index contributed by atoms with van der Waals surface area (Å²) < 4.78 is 10.9. The third-order valence-corrected chi connectivity index (χ3v) is 3.48. The molecule has 0 radical (unpaired) electrons. The molecule has 0 bridgehead atoms. The maximum Gasteiger partial charge on any atom is 0.0830 e. The molecular weight excluding hydrogens is 220 g/mol. The van der Waals surface area contributed by atoms with Crippen LogP contribution in [0.25, 0.3) is 0 Å². The van der Waals surface area contributed by atoms with Gasteiger partial charge in [0.2, 0.25) is 0 Å². The van der Waals surface area contributed by atoms with Gasteiger partial charge in [0.1, 0.15) is 0 Å². The van der Waals surface area contributed by atoms with Gasteiger partial charge in [-0.3, -0.25) is 0 Å². The zero-order valence-corrected chi connectivity index (χ0v) is 9.39. The summed E-state index contributed by atoms with van der Waals surface area (Å²) in [6.07, 6.45) is 1.39. The summed E-state index contributed by atoms with van der Waals surface area (Å²) in [5, 5.41) is 0.980. The summed E-state index contributed by atoms with van der Waals surface area (Å²) in [5.74, 6) is 0. The molecule has 0 amide bonds. The molecular formula is C9H17BrO2. The van der Waals surface area contributed by atoms with Crippen LogP contribution in [0, 0.1) is 5.41 Å². The van der Waals surface area contributed by atoms with E-state index in [4.69, 9.17) is 9.47 Å². The average molecular weight is 237 g/mol. The maximum absolute atomic E-state index is 5.70. The Morgan fingerprint density at radius 1 is 1.58 bits per heavy atom. The molecule has 0 spiro atoms. The van der Waals surface area contributed by atoms with Gasteiger partial charge in [0.25, 0.3) is 0 Å². The number of hydrogen-bond donors (Lipinski definition) is 0. The predicted molar refractivity (Wildman–Crippen MR) is 52.8 cm³/mol. The van der Waals surface area contributed by atoms with E-state index in [0.717, 1.165) is 31.6 Å². The Kier molecular flexibility index (Phi) is 4.00. The van der Waals surface area contributed by atoms with Crippen LogP contribution in [0.2, 0.25) is 0 Å². The van der Waals surface area contributed by atoms with E-state index in [2.05, 4.69) is 29.8 Å². The Labute approximate surface area is 82.7 Å². The number of ether oxygens (including phenoxy) is 2. The van der Waals surface area contributed by atoms with Crippen LogP contribution in [-0.4, -0.2) is 31.3 Å². The highest BCUT2D eigenvalue weighted by molar-refractivity contribution is 9.09. The van der Waals surface area contributed by atoms with Crippen molar-refractivity contribution in [3.8, 4) is 0 Å². The highest BCUT2D eigenvalue weighted by Crippen LogP contribution is 2.20. The molecule has 1 aliphatic heterocycles. The van der Waals surface area contributed by atoms with Crippen molar-refractivity contribution in [3.63, 3.8) is 0 Å². The molecule has 0 aromatic heterocycles. The second-order valence-corrected chi connectivity index (χ2v) is 4.66. The van der Waals surface area contributed by atoms with Gasteiger partial charge in [-0.1, -0.05) is 29.8 Å². The smallest absolute Gasteiger partial charge is 0.0830 e. The predicted octanol–water partition coefficient (Wildman–Crippen LogP) is 2.21. The van der Waals surface area contributed by atoms with Gasteiger partial charge in [-0.15, -0.1) is 0 Å². The molecule has 1 rings (SSSR count). The lowest BCUT2D eigenvalue weighted by molar-refractivity contribution is 0.00564. The van der Waals surface area contributed by atoms with Crippen LogP contribution in [0.3, 0.4) is 0 Å². The fraction of sp³-hybridized carbons (Fsp3) is 1.00. The van der Waals surface area contributed by atoms with E-state index in [1.165, 1.54) is 0 Å². The highest BCUT2D eigenvalue weighted by Gasteiger charge is 2.21. The highest BCUT2D eigenvalue weighted by atomic mass is 79.9. The zero-order chi connectivity index (χ0) is 9.03. The molecule has 0 aromatic carbocycles. The van der Waals surface area contributed by atoms with Crippen LogP contribution >= 0.6 is 15.9 Å². The van der Waals surface area contributed by atoms with Gasteiger partial charge in [-0.05, 0) is 11.8 Å². The molecule has 1 saturated heterocycles. The van der Waals surface area contributed by atoms with Crippen molar-refractivity contribution >= 4 is 15.9 Å². The normalized spacial score (nSPS) is 24.8. The number of rotatable bonds is 4. The van der Waals surface area contributed by atoms with Gasteiger partial charge < -0.3 is 9.47 Å². The fourth-order valence-electron chi connectivity index (χ4n) is 1.03. The molecule has 2 nitrogen and oxygen atoms in total. The van der Waals surface area contributed by atoms with Crippen LogP contribution < -0.4 is 0 Å². The first-order chi connectivity index (χ1) is 5.64. The van der Waals surface area contributed by atoms with Gasteiger partial charge in [0, 0.05) is 11.9 Å². The monoisotopic (exact) mass is 236 g/mol. The Morgan fingerprint density at radius 3 is 2.83 bits per heavy atom. The largest absolute Gasteiger partial charge is 0.379 e. The molecule has 0 saturated carbocycles. The third-order valence-electron chi connectivity index (χ3n) is 1.96. The van der Waals surface area contributed by atoms with Gasteiger partial charge in [0.15, 0.2) is 0 Å².